The van der Waals surface area contributed by atoms with Crippen LogP contribution in [0.3, 0.4) is 0 Å². The number of thiazole rings is 1. The van der Waals surface area contributed by atoms with Crippen LogP contribution in [0.2, 0.25) is 0 Å². The second-order valence-electron chi connectivity index (χ2n) is 6.46. The zero-order chi connectivity index (χ0) is 18.8. The van der Waals surface area contributed by atoms with E-state index in [1.54, 1.807) is 11.3 Å². The summed E-state index contributed by atoms with van der Waals surface area (Å²) in [7, 11) is 0. The smallest absolute Gasteiger partial charge is 0.251 e. The van der Waals surface area contributed by atoms with E-state index in [-0.39, 0.29) is 5.91 Å². The molecule has 1 aromatic carbocycles. The van der Waals surface area contributed by atoms with E-state index < -0.39 is 0 Å². The van der Waals surface area contributed by atoms with Gasteiger partial charge in [-0.3, -0.25) is 4.79 Å². The fourth-order valence-corrected chi connectivity index (χ4v) is 3.65. The first-order chi connectivity index (χ1) is 12.4. The molecule has 3 rings (SSSR count). The molecule has 0 atom stereocenters. The molecule has 1 N–H and O–H groups in total. The van der Waals surface area contributed by atoms with Crippen molar-refractivity contribution in [1.29, 1.82) is 0 Å². The monoisotopic (exact) mass is 432 g/mol. The lowest BCUT2D eigenvalue weighted by Crippen LogP contribution is -2.23. The van der Waals surface area contributed by atoms with Gasteiger partial charge in [0.15, 0.2) is 0 Å². The number of aromatic nitrogens is 3. The van der Waals surface area contributed by atoms with Gasteiger partial charge < -0.3 is 5.32 Å². The van der Waals surface area contributed by atoms with Gasteiger partial charge in [0, 0.05) is 16.9 Å². The minimum Gasteiger partial charge on any atom is -0.346 e. The van der Waals surface area contributed by atoms with Crippen molar-refractivity contribution in [3.8, 4) is 5.69 Å². The Labute approximate surface area is 165 Å². The van der Waals surface area contributed by atoms with Gasteiger partial charge >= 0.3 is 0 Å². The van der Waals surface area contributed by atoms with Gasteiger partial charge in [0.2, 0.25) is 0 Å². The van der Waals surface area contributed by atoms with E-state index in [1.807, 2.05) is 48.2 Å². The number of hydrogen-bond donors (Lipinski definition) is 1. The topological polar surface area (TPSA) is 59.8 Å². The molecule has 0 spiro atoms. The van der Waals surface area contributed by atoms with Crippen molar-refractivity contribution in [1.82, 2.24) is 20.1 Å². The van der Waals surface area contributed by atoms with Crippen molar-refractivity contribution in [3.05, 3.63) is 61.8 Å². The summed E-state index contributed by atoms with van der Waals surface area (Å²) in [6.07, 6.45) is 0. The Morgan fingerprint density at radius 3 is 2.50 bits per heavy atom. The van der Waals surface area contributed by atoms with Crippen LogP contribution < -0.4 is 5.32 Å². The van der Waals surface area contributed by atoms with E-state index in [0.29, 0.717) is 18.0 Å². The van der Waals surface area contributed by atoms with E-state index >= 15 is 0 Å². The van der Waals surface area contributed by atoms with Crippen LogP contribution >= 0.6 is 27.3 Å². The minimum atomic E-state index is -0.106. The number of rotatable bonds is 5. The summed E-state index contributed by atoms with van der Waals surface area (Å²) in [4.78, 5) is 16.9. The second-order valence-corrected chi connectivity index (χ2v) is 8.14. The van der Waals surface area contributed by atoms with Crippen LogP contribution in [-0.2, 0) is 6.54 Å². The van der Waals surface area contributed by atoms with Gasteiger partial charge in [-0.15, -0.1) is 11.3 Å². The molecule has 136 valence electrons. The molecule has 2 aromatic heterocycles. The maximum absolute atomic E-state index is 12.4. The summed E-state index contributed by atoms with van der Waals surface area (Å²) in [5.41, 5.74) is 4.41. The lowest BCUT2D eigenvalue weighted by Gasteiger charge is -2.07. The molecule has 26 heavy (non-hydrogen) atoms. The van der Waals surface area contributed by atoms with E-state index in [1.165, 1.54) is 0 Å². The van der Waals surface area contributed by atoms with Crippen molar-refractivity contribution in [2.24, 2.45) is 0 Å². The molecular weight excluding hydrogens is 412 g/mol. The number of aryl methyl sites for hydroxylation is 1. The summed E-state index contributed by atoms with van der Waals surface area (Å²) in [6, 6.07) is 7.44. The van der Waals surface area contributed by atoms with Gasteiger partial charge in [-0.25, -0.2) is 9.67 Å². The minimum absolute atomic E-state index is 0.106. The first kappa shape index (κ1) is 18.8. The standard InChI is InChI=1S/C19H21BrN4OS/c1-11(2)19-22-15(10-26-19)9-21-18(25)14-5-7-16(8-6-14)24-13(4)17(20)12(3)23-24/h5-8,10-11H,9H2,1-4H3,(H,21,25). The van der Waals surface area contributed by atoms with Crippen molar-refractivity contribution in [2.45, 2.75) is 40.2 Å². The van der Waals surface area contributed by atoms with Crippen LogP contribution in [0, 0.1) is 13.8 Å². The lowest BCUT2D eigenvalue weighted by molar-refractivity contribution is 0.0950. The Hall–Kier alpha value is -1.99. The zero-order valence-electron chi connectivity index (χ0n) is 15.2. The molecule has 0 radical (unpaired) electrons. The Kier molecular flexibility index (Phi) is 5.58. The maximum atomic E-state index is 12.4. The fraction of sp³-hybridized carbons (Fsp3) is 0.316. The molecule has 5 nitrogen and oxygen atoms in total. The van der Waals surface area contributed by atoms with Crippen molar-refractivity contribution in [3.63, 3.8) is 0 Å². The van der Waals surface area contributed by atoms with Gasteiger partial charge in [0.05, 0.1) is 38.8 Å². The Balaban J connectivity index is 1.67. The lowest BCUT2D eigenvalue weighted by atomic mass is 10.2. The number of nitrogens with one attached hydrogen (secondary N) is 1. The van der Waals surface area contributed by atoms with Crippen LogP contribution in [0.25, 0.3) is 5.69 Å². The van der Waals surface area contributed by atoms with Gasteiger partial charge in [0.1, 0.15) is 0 Å². The first-order valence-electron chi connectivity index (χ1n) is 8.41. The molecule has 1 amide bonds. The predicted octanol–water partition coefficient (Wildman–Crippen LogP) is 4.76. The number of benzene rings is 1. The van der Waals surface area contributed by atoms with Crippen LogP contribution in [0.5, 0.6) is 0 Å². The third-order valence-corrected chi connectivity index (χ3v) is 6.41. The zero-order valence-corrected chi connectivity index (χ0v) is 17.6. The molecule has 3 aromatic rings. The molecule has 0 bridgehead atoms. The van der Waals surface area contributed by atoms with E-state index in [0.717, 1.165) is 32.2 Å². The van der Waals surface area contributed by atoms with Gasteiger partial charge in [0.25, 0.3) is 5.91 Å². The maximum Gasteiger partial charge on any atom is 0.251 e. The van der Waals surface area contributed by atoms with Crippen LogP contribution in [0.1, 0.15) is 52.2 Å². The van der Waals surface area contributed by atoms with Crippen molar-refractivity contribution in [2.75, 3.05) is 0 Å². The molecule has 0 aliphatic carbocycles. The number of carbonyl (C=O) groups is 1. The van der Waals surface area contributed by atoms with Gasteiger partial charge in [-0.2, -0.15) is 5.10 Å². The third kappa shape index (κ3) is 3.88. The highest BCUT2D eigenvalue weighted by molar-refractivity contribution is 9.10. The van der Waals surface area contributed by atoms with E-state index in [4.69, 9.17) is 0 Å². The molecule has 0 fully saturated rings. The molecule has 0 saturated heterocycles. The average molecular weight is 433 g/mol. The first-order valence-corrected chi connectivity index (χ1v) is 10.1. The number of carbonyl (C=O) groups excluding carboxylic acids is 1. The second kappa shape index (κ2) is 7.72. The Morgan fingerprint density at radius 2 is 1.96 bits per heavy atom. The molecule has 0 aliphatic rings. The molecular formula is C19H21BrN4OS. The van der Waals surface area contributed by atoms with Crippen LogP contribution in [0.4, 0.5) is 0 Å². The Bertz CT molecular complexity index is 928. The van der Waals surface area contributed by atoms with Crippen LogP contribution in [0.15, 0.2) is 34.1 Å². The highest BCUT2D eigenvalue weighted by Gasteiger charge is 2.12. The largest absolute Gasteiger partial charge is 0.346 e. The highest BCUT2D eigenvalue weighted by Crippen LogP contribution is 2.23. The van der Waals surface area contributed by atoms with Gasteiger partial charge in [-0.05, 0) is 54.0 Å². The normalized spacial score (nSPS) is 11.2. The predicted molar refractivity (Wildman–Crippen MR) is 108 cm³/mol. The third-order valence-electron chi connectivity index (χ3n) is 4.07. The summed E-state index contributed by atoms with van der Waals surface area (Å²) < 4.78 is 2.87. The summed E-state index contributed by atoms with van der Waals surface area (Å²) in [5.74, 6) is 0.302. The highest BCUT2D eigenvalue weighted by atomic mass is 79.9. The number of amides is 1. The summed E-state index contributed by atoms with van der Waals surface area (Å²) in [6.45, 7) is 8.63. The number of halogens is 1. The van der Waals surface area contributed by atoms with E-state index in [9.17, 15) is 4.79 Å². The number of hydrogen-bond acceptors (Lipinski definition) is 4. The van der Waals surface area contributed by atoms with Crippen molar-refractivity contribution < 1.29 is 4.79 Å². The molecule has 2 heterocycles. The summed E-state index contributed by atoms with van der Waals surface area (Å²) >= 11 is 5.17. The van der Waals surface area contributed by atoms with Crippen LogP contribution in [-0.4, -0.2) is 20.7 Å². The van der Waals surface area contributed by atoms with E-state index in [2.05, 4.69) is 45.2 Å². The quantitative estimate of drug-likeness (QED) is 0.631. The average Bonchev–Trinajstić information content (AvgIpc) is 3.21. The Morgan fingerprint density at radius 1 is 1.27 bits per heavy atom. The SMILES string of the molecule is Cc1nn(-c2ccc(C(=O)NCc3csc(C(C)C)n3)cc2)c(C)c1Br. The summed E-state index contributed by atoms with van der Waals surface area (Å²) in [5, 5.41) is 10.5. The number of nitrogens with zero attached hydrogens (tertiary/aromatic N) is 3. The molecule has 7 heteroatoms. The van der Waals surface area contributed by atoms with Gasteiger partial charge in [-0.1, -0.05) is 13.8 Å². The molecule has 0 unspecified atom stereocenters. The molecule has 0 saturated carbocycles. The fourth-order valence-electron chi connectivity index (χ4n) is 2.57. The molecule has 0 aliphatic heterocycles. The van der Waals surface area contributed by atoms with Crippen molar-refractivity contribution >= 4 is 33.2 Å².